The van der Waals surface area contributed by atoms with Crippen LogP contribution in [-0.4, -0.2) is 18.1 Å². The van der Waals surface area contributed by atoms with E-state index >= 15 is 0 Å². The number of aromatic nitrogens is 1. The summed E-state index contributed by atoms with van der Waals surface area (Å²) in [6.45, 7) is 4.01. The maximum atomic E-state index is 11.2. The van der Waals surface area contributed by atoms with Crippen molar-refractivity contribution in [3.8, 4) is 16.3 Å². The van der Waals surface area contributed by atoms with Crippen molar-refractivity contribution in [2.24, 2.45) is 0 Å². The molecule has 0 spiro atoms. The van der Waals surface area contributed by atoms with Crippen LogP contribution in [0.5, 0.6) is 5.75 Å². The normalized spacial score (nSPS) is 10.3. The molecule has 2 rings (SSSR count). The number of thiazole rings is 1. The fourth-order valence-corrected chi connectivity index (χ4v) is 2.65. The highest BCUT2D eigenvalue weighted by Crippen LogP contribution is 2.29. The van der Waals surface area contributed by atoms with Gasteiger partial charge in [0.15, 0.2) is 0 Å². The number of rotatable bonds is 5. The molecule has 0 saturated carbocycles. The van der Waals surface area contributed by atoms with Gasteiger partial charge in [0.25, 0.3) is 0 Å². The Labute approximate surface area is 122 Å². The molecule has 5 heteroatoms. The van der Waals surface area contributed by atoms with Crippen molar-refractivity contribution in [1.82, 2.24) is 4.98 Å². The Morgan fingerprint density at radius 2 is 2.00 bits per heavy atom. The summed E-state index contributed by atoms with van der Waals surface area (Å²) in [5, 5.41) is 0.924. The molecule has 2 aromatic rings. The van der Waals surface area contributed by atoms with Gasteiger partial charge in [-0.05, 0) is 31.2 Å². The third-order valence-corrected chi connectivity index (χ3v) is 4.06. The van der Waals surface area contributed by atoms with E-state index < -0.39 is 0 Å². The summed E-state index contributed by atoms with van der Waals surface area (Å²) in [4.78, 5) is 16.7. The summed E-state index contributed by atoms with van der Waals surface area (Å²) in [7, 11) is 1.64. The van der Waals surface area contributed by atoms with Crippen LogP contribution in [0.3, 0.4) is 0 Å². The van der Waals surface area contributed by atoms with Crippen molar-refractivity contribution in [3.63, 3.8) is 0 Å². The quantitative estimate of drug-likeness (QED) is 0.790. The molecule has 0 aliphatic carbocycles. The highest BCUT2D eigenvalue weighted by atomic mass is 32.1. The first-order valence-corrected chi connectivity index (χ1v) is 7.22. The van der Waals surface area contributed by atoms with Crippen LogP contribution in [0.25, 0.3) is 10.6 Å². The van der Waals surface area contributed by atoms with Crippen LogP contribution in [0.4, 0.5) is 0 Å². The monoisotopic (exact) mass is 291 g/mol. The van der Waals surface area contributed by atoms with E-state index in [-0.39, 0.29) is 5.97 Å². The minimum Gasteiger partial charge on any atom is -0.497 e. The standard InChI is InChI=1S/C15H17NO3S/c1-4-14(17)19-9-13-10(2)16-15(20-13)11-5-7-12(18-3)8-6-11/h5-8H,4,9H2,1-3H3. The largest absolute Gasteiger partial charge is 0.497 e. The predicted molar refractivity (Wildman–Crippen MR) is 78.9 cm³/mol. The zero-order chi connectivity index (χ0) is 14.5. The van der Waals surface area contributed by atoms with Gasteiger partial charge < -0.3 is 9.47 Å². The van der Waals surface area contributed by atoms with Crippen LogP contribution >= 0.6 is 11.3 Å². The third kappa shape index (κ3) is 3.36. The molecular weight excluding hydrogens is 274 g/mol. The van der Waals surface area contributed by atoms with Gasteiger partial charge in [-0.15, -0.1) is 11.3 Å². The van der Waals surface area contributed by atoms with Crippen molar-refractivity contribution in [2.75, 3.05) is 7.11 Å². The highest BCUT2D eigenvalue weighted by molar-refractivity contribution is 7.15. The highest BCUT2D eigenvalue weighted by Gasteiger charge is 2.11. The molecule has 0 aliphatic rings. The lowest BCUT2D eigenvalue weighted by molar-refractivity contribution is -0.144. The lowest BCUT2D eigenvalue weighted by Gasteiger charge is -2.01. The first kappa shape index (κ1) is 14.5. The zero-order valence-corrected chi connectivity index (χ0v) is 12.6. The average Bonchev–Trinajstić information content (AvgIpc) is 2.86. The van der Waals surface area contributed by atoms with Gasteiger partial charge in [0, 0.05) is 12.0 Å². The van der Waals surface area contributed by atoms with E-state index in [2.05, 4.69) is 4.98 Å². The van der Waals surface area contributed by atoms with Gasteiger partial charge in [-0.1, -0.05) is 6.92 Å². The Bertz CT molecular complexity index is 590. The molecule has 1 aromatic heterocycles. The molecule has 0 bridgehead atoms. The van der Waals surface area contributed by atoms with E-state index in [0.29, 0.717) is 13.0 Å². The van der Waals surface area contributed by atoms with Crippen LogP contribution in [-0.2, 0) is 16.1 Å². The molecule has 4 nitrogen and oxygen atoms in total. The Morgan fingerprint density at radius 3 is 2.60 bits per heavy atom. The topological polar surface area (TPSA) is 48.4 Å². The van der Waals surface area contributed by atoms with Crippen LogP contribution in [0, 0.1) is 6.92 Å². The number of nitrogens with zero attached hydrogens (tertiary/aromatic N) is 1. The average molecular weight is 291 g/mol. The van der Waals surface area contributed by atoms with Gasteiger partial charge in [-0.2, -0.15) is 0 Å². The molecule has 0 amide bonds. The fourth-order valence-electron chi connectivity index (χ4n) is 1.67. The predicted octanol–water partition coefficient (Wildman–Crippen LogP) is 3.58. The molecule has 0 saturated heterocycles. The summed E-state index contributed by atoms with van der Waals surface area (Å²) in [5.74, 6) is 0.628. The first-order chi connectivity index (χ1) is 9.63. The lowest BCUT2D eigenvalue weighted by atomic mass is 10.2. The van der Waals surface area contributed by atoms with Crippen molar-refractivity contribution >= 4 is 17.3 Å². The van der Waals surface area contributed by atoms with Crippen LogP contribution in [0.15, 0.2) is 24.3 Å². The fraction of sp³-hybridized carbons (Fsp3) is 0.333. The van der Waals surface area contributed by atoms with Gasteiger partial charge in [-0.25, -0.2) is 4.98 Å². The lowest BCUT2D eigenvalue weighted by Crippen LogP contribution is -2.01. The Balaban J connectivity index is 2.15. The molecule has 0 radical (unpaired) electrons. The molecule has 0 fully saturated rings. The van der Waals surface area contributed by atoms with E-state index in [4.69, 9.17) is 9.47 Å². The van der Waals surface area contributed by atoms with Crippen molar-refractivity contribution in [2.45, 2.75) is 26.9 Å². The Hall–Kier alpha value is -1.88. The molecule has 1 aromatic carbocycles. The summed E-state index contributed by atoms with van der Waals surface area (Å²) >= 11 is 1.55. The van der Waals surface area contributed by atoms with E-state index in [1.807, 2.05) is 31.2 Å². The summed E-state index contributed by atoms with van der Waals surface area (Å²) in [6, 6.07) is 7.75. The van der Waals surface area contributed by atoms with Crippen molar-refractivity contribution in [3.05, 3.63) is 34.8 Å². The Kier molecular flexibility index (Phi) is 4.74. The number of carbonyl (C=O) groups excluding carboxylic acids is 1. The smallest absolute Gasteiger partial charge is 0.305 e. The second kappa shape index (κ2) is 6.52. The SMILES string of the molecule is CCC(=O)OCc1sc(-c2ccc(OC)cc2)nc1C. The number of carbonyl (C=O) groups is 1. The molecular formula is C15H17NO3S. The first-order valence-electron chi connectivity index (χ1n) is 6.40. The number of benzene rings is 1. The Morgan fingerprint density at radius 1 is 1.30 bits per heavy atom. The molecule has 0 aliphatic heterocycles. The zero-order valence-electron chi connectivity index (χ0n) is 11.8. The third-order valence-electron chi connectivity index (χ3n) is 2.88. The van der Waals surface area contributed by atoms with Gasteiger partial charge in [0.05, 0.1) is 17.7 Å². The maximum Gasteiger partial charge on any atom is 0.305 e. The summed E-state index contributed by atoms with van der Waals surface area (Å²) in [5.41, 5.74) is 1.94. The number of aryl methyl sites for hydroxylation is 1. The number of hydrogen-bond acceptors (Lipinski definition) is 5. The molecule has 0 unspecified atom stereocenters. The van der Waals surface area contributed by atoms with Gasteiger partial charge in [-0.3, -0.25) is 4.79 Å². The van der Waals surface area contributed by atoms with E-state index in [1.54, 1.807) is 25.4 Å². The second-order valence-corrected chi connectivity index (χ2v) is 5.35. The molecule has 0 N–H and O–H groups in total. The summed E-state index contributed by atoms with van der Waals surface area (Å²) in [6.07, 6.45) is 0.392. The van der Waals surface area contributed by atoms with Crippen molar-refractivity contribution < 1.29 is 14.3 Å². The van der Waals surface area contributed by atoms with Crippen LogP contribution < -0.4 is 4.74 Å². The minimum atomic E-state index is -0.191. The molecule has 106 valence electrons. The minimum absolute atomic E-state index is 0.191. The maximum absolute atomic E-state index is 11.2. The number of esters is 1. The van der Waals surface area contributed by atoms with E-state index in [0.717, 1.165) is 26.9 Å². The van der Waals surface area contributed by atoms with Crippen molar-refractivity contribution in [1.29, 1.82) is 0 Å². The number of ether oxygens (including phenoxy) is 2. The number of methoxy groups -OCH3 is 1. The van der Waals surface area contributed by atoms with Crippen LogP contribution in [0.2, 0.25) is 0 Å². The molecule has 1 heterocycles. The van der Waals surface area contributed by atoms with Gasteiger partial charge in [0.1, 0.15) is 17.4 Å². The van der Waals surface area contributed by atoms with E-state index in [9.17, 15) is 4.79 Å². The molecule has 0 atom stereocenters. The number of hydrogen-bond donors (Lipinski definition) is 0. The van der Waals surface area contributed by atoms with Crippen LogP contribution in [0.1, 0.15) is 23.9 Å². The second-order valence-electron chi connectivity index (χ2n) is 4.27. The molecule has 20 heavy (non-hydrogen) atoms. The van der Waals surface area contributed by atoms with Gasteiger partial charge in [0.2, 0.25) is 0 Å². The van der Waals surface area contributed by atoms with Gasteiger partial charge >= 0.3 is 5.97 Å². The summed E-state index contributed by atoms with van der Waals surface area (Å²) < 4.78 is 10.3. The van der Waals surface area contributed by atoms with E-state index in [1.165, 1.54) is 0 Å².